The molecular formula is C25H36O12. The Balaban J connectivity index is 2.10. The second-order valence-electron chi connectivity index (χ2n) is 8.62. The minimum atomic E-state index is -1.72. The van der Waals surface area contributed by atoms with Gasteiger partial charge in [-0.25, -0.2) is 0 Å². The van der Waals surface area contributed by atoms with Crippen molar-refractivity contribution >= 4 is 0 Å². The molecule has 2 aliphatic rings. The molecule has 2 unspecified atom stereocenters. The molecule has 12 heteroatoms. The maximum atomic E-state index is 10.5. The summed E-state index contributed by atoms with van der Waals surface area (Å²) < 4.78 is 22.1. The first-order valence-corrected chi connectivity index (χ1v) is 11.8. The van der Waals surface area contributed by atoms with Gasteiger partial charge in [-0.1, -0.05) is 30.6 Å². The van der Waals surface area contributed by atoms with Crippen LogP contribution in [0.2, 0.25) is 0 Å². The summed E-state index contributed by atoms with van der Waals surface area (Å²) >= 11 is 0. The zero-order chi connectivity index (χ0) is 27.5. The van der Waals surface area contributed by atoms with Crippen molar-refractivity contribution in [1.29, 1.82) is 0 Å². The topological polar surface area (TPSA) is 199 Å². The van der Waals surface area contributed by atoms with Gasteiger partial charge in [0.2, 0.25) is 0 Å². The molecule has 0 saturated carbocycles. The Morgan fingerprint density at radius 2 is 1.57 bits per heavy atom. The average molecular weight is 529 g/mol. The summed E-state index contributed by atoms with van der Waals surface area (Å²) in [6.45, 7) is 4.28. The number of aliphatic hydroxyl groups is 8. The molecular weight excluding hydrogens is 492 g/mol. The lowest BCUT2D eigenvalue weighted by atomic mass is 9.98. The van der Waals surface area contributed by atoms with Gasteiger partial charge in [-0.05, 0) is 37.7 Å². The van der Waals surface area contributed by atoms with Gasteiger partial charge in [0.1, 0.15) is 48.8 Å². The predicted octanol–water partition coefficient (Wildman–Crippen LogP) is -3.09. The zero-order valence-electron chi connectivity index (χ0n) is 20.4. The molecule has 0 aromatic rings. The molecule has 12 nitrogen and oxygen atoms in total. The summed E-state index contributed by atoms with van der Waals surface area (Å²) in [5.74, 6) is 9.93. The first kappa shape index (κ1) is 31.3. The highest BCUT2D eigenvalue weighted by molar-refractivity contribution is 5.31. The first-order chi connectivity index (χ1) is 17.6. The molecule has 8 N–H and O–H groups in total. The van der Waals surface area contributed by atoms with Crippen LogP contribution in [0.4, 0.5) is 0 Å². The average Bonchev–Trinajstić information content (AvgIpc) is 2.88. The maximum Gasteiger partial charge on any atom is 0.187 e. The molecule has 2 rings (SSSR count). The Morgan fingerprint density at radius 1 is 0.892 bits per heavy atom. The van der Waals surface area contributed by atoms with E-state index < -0.39 is 80.2 Å². The fraction of sp³-hybridized carbons (Fsp3) is 0.680. The van der Waals surface area contributed by atoms with Gasteiger partial charge >= 0.3 is 0 Å². The summed E-state index contributed by atoms with van der Waals surface area (Å²) in [5.41, 5.74) is 0. The Kier molecular flexibility index (Phi) is 13.1. The van der Waals surface area contributed by atoms with Gasteiger partial charge < -0.3 is 59.8 Å². The molecule has 2 heterocycles. The molecule has 12 atom stereocenters. The Morgan fingerprint density at radius 3 is 2.24 bits per heavy atom. The lowest BCUT2D eigenvalue weighted by molar-refractivity contribution is -0.335. The van der Waals surface area contributed by atoms with Crippen LogP contribution >= 0.6 is 0 Å². The molecule has 0 aromatic carbocycles. The van der Waals surface area contributed by atoms with Crippen molar-refractivity contribution in [2.45, 2.75) is 93.4 Å². The second-order valence-corrected chi connectivity index (χ2v) is 8.62. The molecule has 0 radical (unpaired) electrons. The standard InChI is InChI=1S/C25H36O12/c1-3-4-5-7-10-15(27)16(11-8-6-9-12-26)36-25-23(33)21(31)19(29)17(37-25)13-34-24-22(32)20(30)18(28)14(2)35-24/h3,6,9,14-33H,1,8,11-13H2,2H3/b9-6+/t14-,15?,16?,17+,18-,19+,20+,21-,22+,23+,24+,25+/m0/s1. The van der Waals surface area contributed by atoms with Gasteiger partial charge in [-0.2, -0.15) is 0 Å². The fourth-order valence-corrected chi connectivity index (χ4v) is 3.72. The molecule has 2 saturated heterocycles. The van der Waals surface area contributed by atoms with Crippen LogP contribution in [-0.4, -0.2) is 128 Å². The molecule has 2 fully saturated rings. The van der Waals surface area contributed by atoms with E-state index in [0.717, 1.165) is 0 Å². The van der Waals surface area contributed by atoms with Crippen LogP contribution in [0.25, 0.3) is 0 Å². The van der Waals surface area contributed by atoms with E-state index in [4.69, 9.17) is 24.1 Å². The highest BCUT2D eigenvalue weighted by Crippen LogP contribution is 2.27. The third-order valence-electron chi connectivity index (χ3n) is 5.91. The molecule has 0 spiro atoms. The summed E-state index contributed by atoms with van der Waals surface area (Å²) in [6.07, 6.45) is -11.8. The largest absolute Gasteiger partial charge is 0.392 e. The van der Waals surface area contributed by atoms with Gasteiger partial charge in [0.25, 0.3) is 0 Å². The quantitative estimate of drug-likeness (QED) is 0.105. The minimum absolute atomic E-state index is 0.171. The van der Waals surface area contributed by atoms with Crippen molar-refractivity contribution in [2.24, 2.45) is 0 Å². The van der Waals surface area contributed by atoms with E-state index in [9.17, 15) is 35.7 Å². The highest BCUT2D eigenvalue weighted by atomic mass is 16.7. The number of ether oxygens (including phenoxy) is 4. The Bertz CT molecular complexity index is 857. The Labute approximate surface area is 215 Å². The second kappa shape index (κ2) is 15.5. The van der Waals surface area contributed by atoms with Crippen LogP contribution in [-0.2, 0) is 18.9 Å². The lowest BCUT2D eigenvalue weighted by Crippen LogP contribution is -2.61. The van der Waals surface area contributed by atoms with Crippen LogP contribution in [0.3, 0.4) is 0 Å². The molecule has 0 aromatic heterocycles. The minimum Gasteiger partial charge on any atom is -0.392 e. The monoisotopic (exact) mass is 528 g/mol. The van der Waals surface area contributed by atoms with E-state index >= 15 is 0 Å². The third-order valence-corrected chi connectivity index (χ3v) is 5.91. The number of hydrogen-bond acceptors (Lipinski definition) is 12. The lowest BCUT2D eigenvalue weighted by Gasteiger charge is -2.43. The summed E-state index contributed by atoms with van der Waals surface area (Å²) in [6, 6.07) is 0. The van der Waals surface area contributed by atoms with E-state index in [1.54, 1.807) is 6.08 Å². The summed E-state index contributed by atoms with van der Waals surface area (Å²) in [5, 5.41) is 80.5. The molecule has 0 aliphatic carbocycles. The van der Waals surface area contributed by atoms with Crippen LogP contribution in [0.1, 0.15) is 19.8 Å². The van der Waals surface area contributed by atoms with E-state index in [-0.39, 0.29) is 13.0 Å². The smallest absolute Gasteiger partial charge is 0.187 e. The van der Waals surface area contributed by atoms with E-state index in [0.29, 0.717) is 6.42 Å². The van der Waals surface area contributed by atoms with Crippen molar-refractivity contribution in [1.82, 2.24) is 0 Å². The van der Waals surface area contributed by atoms with Gasteiger partial charge in [0, 0.05) is 0 Å². The van der Waals surface area contributed by atoms with Crippen LogP contribution in [0, 0.1) is 23.7 Å². The van der Waals surface area contributed by atoms with E-state index in [2.05, 4.69) is 30.3 Å². The number of rotatable bonds is 10. The van der Waals surface area contributed by atoms with E-state index in [1.165, 1.54) is 19.1 Å². The Hall–Kier alpha value is -1.88. The van der Waals surface area contributed by atoms with Crippen LogP contribution in [0.15, 0.2) is 24.8 Å². The number of aliphatic hydroxyl groups excluding tert-OH is 8. The zero-order valence-corrected chi connectivity index (χ0v) is 20.4. The van der Waals surface area contributed by atoms with Crippen LogP contribution in [0.5, 0.6) is 0 Å². The van der Waals surface area contributed by atoms with Gasteiger partial charge in [-0.15, -0.1) is 0 Å². The van der Waals surface area contributed by atoms with Crippen LogP contribution < -0.4 is 0 Å². The molecule has 0 bridgehead atoms. The van der Waals surface area contributed by atoms with Gasteiger partial charge in [-0.3, -0.25) is 0 Å². The third kappa shape index (κ3) is 8.84. The molecule has 208 valence electrons. The first-order valence-electron chi connectivity index (χ1n) is 11.8. The van der Waals surface area contributed by atoms with Crippen molar-refractivity contribution in [3.63, 3.8) is 0 Å². The van der Waals surface area contributed by atoms with Crippen molar-refractivity contribution in [3.8, 4) is 23.7 Å². The molecule has 37 heavy (non-hydrogen) atoms. The molecule has 2 aliphatic heterocycles. The highest BCUT2D eigenvalue weighted by Gasteiger charge is 2.47. The predicted molar refractivity (Wildman–Crippen MR) is 127 cm³/mol. The normalized spacial score (nSPS) is 37.6. The van der Waals surface area contributed by atoms with Crippen molar-refractivity contribution in [3.05, 3.63) is 24.8 Å². The fourth-order valence-electron chi connectivity index (χ4n) is 3.72. The summed E-state index contributed by atoms with van der Waals surface area (Å²) in [7, 11) is 0. The molecule has 0 amide bonds. The maximum absolute atomic E-state index is 10.5. The van der Waals surface area contributed by atoms with Gasteiger partial charge in [0.15, 0.2) is 12.6 Å². The SMILES string of the molecule is C=CC#CC#CC(O)C(CC/C=C/CO)O[C@@H]1O[C@H](CO[C@@H]2O[C@@H](C)[C@H](O)[C@@H](O)[C@H]2O)[C@@H](O)[C@H](O)[C@H]1O. The number of hydrogen-bond donors (Lipinski definition) is 8. The van der Waals surface area contributed by atoms with E-state index in [1.807, 2.05) is 0 Å². The summed E-state index contributed by atoms with van der Waals surface area (Å²) in [4.78, 5) is 0. The van der Waals surface area contributed by atoms with Crippen molar-refractivity contribution < 1.29 is 59.8 Å². The van der Waals surface area contributed by atoms with Crippen molar-refractivity contribution in [2.75, 3.05) is 13.2 Å². The van der Waals surface area contributed by atoms with Gasteiger partial charge in [0.05, 0.1) is 25.4 Å². The number of allylic oxidation sites excluding steroid dienone is 2.